The smallest absolute Gasteiger partial charge is 0.315 e. The Hall–Kier alpha value is -2.68. The first-order chi connectivity index (χ1) is 11.2. The third-order valence-corrected chi connectivity index (χ3v) is 3.33. The predicted octanol–water partition coefficient (Wildman–Crippen LogP) is 3.29. The summed E-state index contributed by atoms with van der Waals surface area (Å²) in [5, 5.41) is 17.7. The molecule has 1 aromatic carbocycles. The molecule has 0 atom stereocenters. The predicted molar refractivity (Wildman–Crippen MR) is 88.8 cm³/mol. The number of benzene rings is 1. The van der Waals surface area contributed by atoms with Gasteiger partial charge < -0.3 is 9.47 Å². The van der Waals surface area contributed by atoms with Crippen molar-refractivity contribution in [1.29, 1.82) is 0 Å². The lowest BCUT2D eigenvalue weighted by molar-refractivity contribution is -0.385. The second-order valence-electron chi connectivity index (χ2n) is 4.20. The first-order valence-corrected chi connectivity index (χ1v) is 7.80. The molecule has 0 aliphatic rings. The summed E-state index contributed by atoms with van der Waals surface area (Å²) in [6.45, 7) is 4.23. The van der Waals surface area contributed by atoms with Crippen molar-refractivity contribution in [2.75, 3.05) is 18.6 Å². The van der Waals surface area contributed by atoms with Crippen molar-refractivity contribution in [3.63, 3.8) is 0 Å². The number of nitrogens with zero attached hydrogens (tertiary/aromatic N) is 3. The third-order valence-electron chi connectivity index (χ3n) is 2.65. The molecular formula is C14H16N4O4S. The van der Waals surface area contributed by atoms with Crippen LogP contribution in [0.15, 0.2) is 28.8 Å². The molecule has 0 fully saturated rings. The number of anilines is 1. The zero-order chi connectivity index (χ0) is 16.7. The SMILES string of the molecule is CCOc1cc(/C=N\Nc2nccs2)cc([N+](=O)[O-])c1OCC. The molecule has 1 aromatic heterocycles. The number of nitro groups is 1. The van der Waals surface area contributed by atoms with Gasteiger partial charge in [0.2, 0.25) is 10.9 Å². The molecule has 1 N–H and O–H groups in total. The Bertz CT molecular complexity index is 688. The summed E-state index contributed by atoms with van der Waals surface area (Å²) in [6.07, 6.45) is 3.12. The van der Waals surface area contributed by atoms with Gasteiger partial charge in [0.1, 0.15) is 0 Å². The third kappa shape index (κ3) is 4.39. The van der Waals surface area contributed by atoms with E-state index in [9.17, 15) is 10.1 Å². The van der Waals surface area contributed by atoms with Crippen molar-refractivity contribution in [2.24, 2.45) is 5.10 Å². The standard InChI is InChI=1S/C14H16N4O4S/c1-3-21-12-8-10(9-16-17-14-15-5-6-23-14)7-11(18(19)20)13(12)22-4-2/h5-9H,3-4H2,1-2H3,(H,15,17)/b16-9-. The van der Waals surface area contributed by atoms with Crippen LogP contribution in [0.5, 0.6) is 11.5 Å². The molecule has 0 radical (unpaired) electrons. The number of thiazole rings is 1. The van der Waals surface area contributed by atoms with Gasteiger partial charge in [0, 0.05) is 23.2 Å². The molecule has 0 bridgehead atoms. The maximum absolute atomic E-state index is 11.3. The zero-order valence-electron chi connectivity index (χ0n) is 12.7. The summed E-state index contributed by atoms with van der Waals surface area (Å²) in [4.78, 5) is 14.8. The lowest BCUT2D eigenvalue weighted by atomic mass is 10.2. The highest BCUT2D eigenvalue weighted by Crippen LogP contribution is 2.38. The number of nitro benzene ring substituents is 1. The van der Waals surface area contributed by atoms with Gasteiger partial charge >= 0.3 is 5.69 Å². The van der Waals surface area contributed by atoms with Crippen LogP contribution in [-0.2, 0) is 0 Å². The Morgan fingerprint density at radius 3 is 2.78 bits per heavy atom. The van der Waals surface area contributed by atoms with E-state index < -0.39 is 4.92 Å². The average Bonchev–Trinajstić information content (AvgIpc) is 3.03. The van der Waals surface area contributed by atoms with Crippen molar-refractivity contribution in [2.45, 2.75) is 13.8 Å². The molecule has 1 heterocycles. The van der Waals surface area contributed by atoms with Crippen LogP contribution in [0.25, 0.3) is 0 Å². The molecule has 2 rings (SSSR count). The van der Waals surface area contributed by atoms with Crippen LogP contribution >= 0.6 is 11.3 Å². The van der Waals surface area contributed by atoms with Crippen molar-refractivity contribution < 1.29 is 14.4 Å². The fourth-order valence-corrected chi connectivity index (χ4v) is 2.29. The number of hydrogen-bond donors (Lipinski definition) is 1. The van der Waals surface area contributed by atoms with E-state index in [2.05, 4.69) is 15.5 Å². The molecule has 0 amide bonds. The van der Waals surface area contributed by atoms with Gasteiger partial charge in [-0.1, -0.05) is 0 Å². The molecule has 0 aliphatic carbocycles. The van der Waals surface area contributed by atoms with Crippen molar-refractivity contribution in [3.8, 4) is 11.5 Å². The normalized spacial score (nSPS) is 10.7. The van der Waals surface area contributed by atoms with Gasteiger partial charge in [0.25, 0.3) is 0 Å². The highest BCUT2D eigenvalue weighted by Gasteiger charge is 2.22. The number of nitrogens with one attached hydrogen (secondary N) is 1. The Morgan fingerprint density at radius 2 is 2.17 bits per heavy atom. The molecule has 8 nitrogen and oxygen atoms in total. The van der Waals surface area contributed by atoms with E-state index in [1.54, 1.807) is 26.1 Å². The Labute approximate surface area is 136 Å². The van der Waals surface area contributed by atoms with Crippen molar-refractivity contribution >= 4 is 28.4 Å². The zero-order valence-corrected chi connectivity index (χ0v) is 13.5. The average molecular weight is 336 g/mol. The maximum Gasteiger partial charge on any atom is 0.315 e. The first-order valence-electron chi connectivity index (χ1n) is 6.92. The fraction of sp³-hybridized carbons (Fsp3) is 0.286. The van der Waals surface area contributed by atoms with Gasteiger partial charge in [0.05, 0.1) is 24.4 Å². The molecule has 0 spiro atoms. The maximum atomic E-state index is 11.3. The highest BCUT2D eigenvalue weighted by molar-refractivity contribution is 7.13. The minimum Gasteiger partial charge on any atom is -0.490 e. The molecule has 0 unspecified atom stereocenters. The van der Waals surface area contributed by atoms with Gasteiger partial charge in [-0.3, -0.25) is 15.5 Å². The van der Waals surface area contributed by atoms with Crippen LogP contribution in [0.4, 0.5) is 10.8 Å². The Morgan fingerprint density at radius 1 is 1.39 bits per heavy atom. The van der Waals surface area contributed by atoms with Crippen molar-refractivity contribution in [3.05, 3.63) is 39.4 Å². The van der Waals surface area contributed by atoms with Gasteiger partial charge in [0.15, 0.2) is 5.75 Å². The van der Waals surface area contributed by atoms with Gasteiger partial charge in [-0.15, -0.1) is 11.3 Å². The van der Waals surface area contributed by atoms with Crippen LogP contribution in [0.2, 0.25) is 0 Å². The summed E-state index contributed by atoms with van der Waals surface area (Å²) in [7, 11) is 0. The van der Waals surface area contributed by atoms with E-state index in [4.69, 9.17) is 9.47 Å². The molecule has 23 heavy (non-hydrogen) atoms. The minimum absolute atomic E-state index is 0.129. The van der Waals surface area contributed by atoms with Crippen LogP contribution in [-0.4, -0.2) is 29.3 Å². The largest absolute Gasteiger partial charge is 0.490 e. The molecule has 0 saturated heterocycles. The summed E-state index contributed by atoms with van der Waals surface area (Å²) < 4.78 is 10.8. The van der Waals surface area contributed by atoms with E-state index in [0.29, 0.717) is 29.7 Å². The number of ether oxygens (including phenoxy) is 2. The number of hydrazone groups is 1. The summed E-state index contributed by atoms with van der Waals surface area (Å²) in [5.41, 5.74) is 3.11. The van der Waals surface area contributed by atoms with Gasteiger partial charge in [-0.2, -0.15) is 5.10 Å². The van der Waals surface area contributed by atoms with Crippen molar-refractivity contribution in [1.82, 2.24) is 4.98 Å². The highest BCUT2D eigenvalue weighted by atomic mass is 32.1. The van der Waals surface area contributed by atoms with Gasteiger partial charge in [-0.25, -0.2) is 4.98 Å². The van der Waals surface area contributed by atoms with Crippen LogP contribution < -0.4 is 14.9 Å². The van der Waals surface area contributed by atoms with E-state index in [1.165, 1.54) is 23.6 Å². The number of rotatable bonds is 8. The molecule has 2 aromatic rings. The van der Waals surface area contributed by atoms with E-state index in [1.807, 2.05) is 5.38 Å². The first kappa shape index (κ1) is 16.7. The quantitative estimate of drug-likeness (QED) is 0.451. The lowest BCUT2D eigenvalue weighted by Gasteiger charge is -2.11. The Balaban J connectivity index is 2.31. The van der Waals surface area contributed by atoms with E-state index >= 15 is 0 Å². The molecule has 0 saturated carbocycles. The second-order valence-corrected chi connectivity index (χ2v) is 5.09. The summed E-state index contributed by atoms with van der Waals surface area (Å²) in [6, 6.07) is 3.04. The minimum atomic E-state index is -0.501. The molecule has 9 heteroatoms. The topological polar surface area (TPSA) is 98.9 Å². The monoisotopic (exact) mass is 336 g/mol. The van der Waals surface area contributed by atoms with E-state index in [-0.39, 0.29) is 11.4 Å². The summed E-state index contributed by atoms with van der Waals surface area (Å²) >= 11 is 1.40. The van der Waals surface area contributed by atoms with Crippen LogP contribution in [0, 0.1) is 10.1 Å². The molecule has 122 valence electrons. The fourth-order valence-electron chi connectivity index (χ4n) is 1.81. The van der Waals surface area contributed by atoms with Crippen LogP contribution in [0.1, 0.15) is 19.4 Å². The lowest BCUT2D eigenvalue weighted by Crippen LogP contribution is -2.03. The number of aromatic nitrogens is 1. The second kappa shape index (κ2) is 8.08. The van der Waals surface area contributed by atoms with Crippen LogP contribution in [0.3, 0.4) is 0 Å². The molecule has 0 aliphatic heterocycles. The van der Waals surface area contributed by atoms with Gasteiger partial charge in [-0.05, 0) is 19.9 Å². The Kier molecular flexibility index (Phi) is 5.87. The molecular weight excluding hydrogens is 320 g/mol. The van der Waals surface area contributed by atoms with E-state index in [0.717, 1.165) is 0 Å². The summed E-state index contributed by atoms with van der Waals surface area (Å²) in [5.74, 6) is 0.448. The number of hydrogen-bond acceptors (Lipinski definition) is 8.